The molecule has 0 rings (SSSR count). The van der Waals surface area contributed by atoms with Crippen LogP contribution < -0.4 is 11.5 Å². The van der Waals surface area contributed by atoms with Crippen molar-refractivity contribution in [2.45, 2.75) is 12.5 Å². The number of nitrogens with two attached hydrogens (primary N) is 2. The van der Waals surface area contributed by atoms with Gasteiger partial charge in [-0.2, -0.15) is 0 Å². The zero-order chi connectivity index (χ0) is 10.4. The van der Waals surface area contributed by atoms with Gasteiger partial charge in [0, 0.05) is 13.5 Å². The lowest BCUT2D eigenvalue weighted by molar-refractivity contribution is -0.134. The summed E-state index contributed by atoms with van der Waals surface area (Å²) in [7, 11) is 1.45. The van der Waals surface area contributed by atoms with Crippen molar-refractivity contribution in [3.05, 3.63) is 0 Å². The molecule has 0 saturated carbocycles. The number of hydrogen-bond acceptors (Lipinski definition) is 3. The second kappa shape index (κ2) is 5.17. The summed E-state index contributed by atoms with van der Waals surface area (Å²) in [6, 6.07) is -0.755. The predicted molar refractivity (Wildman–Crippen MR) is 48.3 cm³/mol. The summed E-state index contributed by atoms with van der Waals surface area (Å²) in [5.74, 6) is 1.31. The Morgan fingerprint density at radius 3 is 2.54 bits per heavy atom. The summed E-state index contributed by atoms with van der Waals surface area (Å²) >= 11 is 0. The van der Waals surface area contributed by atoms with Gasteiger partial charge in [-0.05, 0) is 0 Å². The molecule has 1 atom stereocenters. The second-order valence-corrected chi connectivity index (χ2v) is 2.68. The molecule has 2 amide bonds. The van der Waals surface area contributed by atoms with E-state index in [4.69, 9.17) is 17.9 Å². The van der Waals surface area contributed by atoms with Crippen molar-refractivity contribution in [2.24, 2.45) is 11.5 Å². The van der Waals surface area contributed by atoms with Crippen LogP contribution in [0.4, 0.5) is 0 Å². The zero-order valence-electron chi connectivity index (χ0n) is 7.49. The molecule has 0 aliphatic rings. The van der Waals surface area contributed by atoms with Gasteiger partial charge in [0.2, 0.25) is 11.8 Å². The minimum Gasteiger partial charge on any atom is -0.368 e. The monoisotopic (exact) mass is 183 g/mol. The third-order valence-corrected chi connectivity index (χ3v) is 1.42. The minimum absolute atomic E-state index is 0.142. The molecule has 0 aliphatic heterocycles. The molecule has 0 spiro atoms. The molecule has 0 aromatic heterocycles. The summed E-state index contributed by atoms with van der Waals surface area (Å²) in [6.07, 6.45) is 5.13. The molecule has 1 unspecified atom stereocenters. The van der Waals surface area contributed by atoms with Crippen LogP contribution in [0, 0.1) is 12.3 Å². The second-order valence-electron chi connectivity index (χ2n) is 2.68. The summed E-state index contributed by atoms with van der Waals surface area (Å²) in [6.45, 7) is -0.142. The molecule has 0 heterocycles. The van der Waals surface area contributed by atoms with E-state index in [9.17, 15) is 9.59 Å². The average molecular weight is 183 g/mol. The molecule has 0 aromatic carbocycles. The normalized spacial score (nSPS) is 11.5. The lowest BCUT2D eigenvalue weighted by Gasteiger charge is -2.18. The highest BCUT2D eigenvalue weighted by Crippen LogP contribution is 1.93. The standard InChI is InChI=1S/C8H13N3O2/c1-3-4-6(9)8(13)11(2)5-7(10)12/h1,6H,4-5,9H2,2H3,(H2,10,12). The molecular weight excluding hydrogens is 170 g/mol. The van der Waals surface area contributed by atoms with Crippen LogP contribution in [0.15, 0.2) is 0 Å². The number of rotatable bonds is 4. The SMILES string of the molecule is C#CCC(N)C(=O)N(C)CC(N)=O. The van der Waals surface area contributed by atoms with Crippen LogP contribution in [0.2, 0.25) is 0 Å². The van der Waals surface area contributed by atoms with Gasteiger partial charge in [0.1, 0.15) is 0 Å². The number of nitrogens with zero attached hydrogens (tertiary/aromatic N) is 1. The molecule has 0 aliphatic carbocycles. The lowest BCUT2D eigenvalue weighted by atomic mass is 10.2. The van der Waals surface area contributed by atoms with Crippen molar-refractivity contribution in [2.75, 3.05) is 13.6 Å². The Bertz CT molecular complexity index is 244. The molecule has 13 heavy (non-hydrogen) atoms. The van der Waals surface area contributed by atoms with E-state index in [0.29, 0.717) is 0 Å². The highest BCUT2D eigenvalue weighted by Gasteiger charge is 2.17. The Morgan fingerprint density at radius 1 is 1.62 bits per heavy atom. The third-order valence-electron chi connectivity index (χ3n) is 1.42. The van der Waals surface area contributed by atoms with Gasteiger partial charge in [-0.25, -0.2) is 0 Å². The van der Waals surface area contributed by atoms with Crippen LogP contribution in [0.3, 0.4) is 0 Å². The van der Waals surface area contributed by atoms with Crippen LogP contribution >= 0.6 is 0 Å². The first kappa shape index (κ1) is 11.5. The lowest BCUT2D eigenvalue weighted by Crippen LogP contribution is -2.44. The van der Waals surface area contributed by atoms with E-state index in [1.807, 2.05) is 0 Å². The van der Waals surface area contributed by atoms with Crippen LogP contribution in [-0.4, -0.2) is 36.3 Å². The number of carbonyl (C=O) groups excluding carboxylic acids is 2. The quantitative estimate of drug-likeness (QED) is 0.508. The highest BCUT2D eigenvalue weighted by molar-refractivity contribution is 5.86. The van der Waals surface area contributed by atoms with E-state index >= 15 is 0 Å². The van der Waals surface area contributed by atoms with Gasteiger partial charge in [-0.15, -0.1) is 12.3 Å². The summed E-state index contributed by atoms with van der Waals surface area (Å²) in [5, 5.41) is 0. The third kappa shape index (κ3) is 4.13. The molecular formula is C8H13N3O2. The van der Waals surface area contributed by atoms with Gasteiger partial charge < -0.3 is 16.4 Å². The van der Waals surface area contributed by atoms with E-state index in [1.165, 1.54) is 7.05 Å². The molecule has 4 N–H and O–H groups in total. The van der Waals surface area contributed by atoms with Crippen LogP contribution in [-0.2, 0) is 9.59 Å². The van der Waals surface area contributed by atoms with Gasteiger partial charge >= 0.3 is 0 Å². The molecule has 0 aromatic rings. The van der Waals surface area contributed by atoms with E-state index in [-0.39, 0.29) is 18.9 Å². The first-order valence-corrected chi connectivity index (χ1v) is 3.71. The van der Waals surface area contributed by atoms with Crippen molar-refractivity contribution < 1.29 is 9.59 Å². The first-order chi connectivity index (χ1) is 5.99. The van der Waals surface area contributed by atoms with Crippen molar-refractivity contribution >= 4 is 11.8 Å². The number of primary amides is 1. The summed E-state index contributed by atoms with van der Waals surface area (Å²) in [4.78, 5) is 22.9. The number of likely N-dealkylation sites (N-methyl/N-ethyl adjacent to an activating group) is 1. The van der Waals surface area contributed by atoms with Crippen LogP contribution in [0.1, 0.15) is 6.42 Å². The summed E-state index contributed by atoms with van der Waals surface area (Å²) < 4.78 is 0. The highest BCUT2D eigenvalue weighted by atomic mass is 16.2. The molecule has 0 fully saturated rings. The van der Waals surface area contributed by atoms with Crippen molar-refractivity contribution in [1.29, 1.82) is 0 Å². The molecule has 5 nitrogen and oxygen atoms in total. The predicted octanol–water partition coefficient (Wildman–Crippen LogP) is -1.72. The van der Waals surface area contributed by atoms with E-state index in [1.54, 1.807) is 0 Å². The Balaban J connectivity index is 4.10. The number of carbonyl (C=O) groups is 2. The average Bonchev–Trinajstić information content (AvgIpc) is 2.02. The maximum atomic E-state index is 11.3. The Labute approximate surface area is 77.1 Å². The van der Waals surface area contributed by atoms with Crippen molar-refractivity contribution in [3.63, 3.8) is 0 Å². The zero-order valence-corrected chi connectivity index (χ0v) is 7.49. The largest absolute Gasteiger partial charge is 0.368 e. The van der Waals surface area contributed by atoms with Gasteiger partial charge in [0.05, 0.1) is 12.6 Å². The number of hydrogen-bond donors (Lipinski definition) is 2. The molecule has 0 bridgehead atoms. The van der Waals surface area contributed by atoms with Crippen LogP contribution in [0.5, 0.6) is 0 Å². The molecule has 0 saturated heterocycles. The number of amides is 2. The van der Waals surface area contributed by atoms with Crippen molar-refractivity contribution in [1.82, 2.24) is 4.90 Å². The van der Waals surface area contributed by atoms with Gasteiger partial charge in [-0.1, -0.05) is 0 Å². The number of terminal acetylenes is 1. The molecule has 72 valence electrons. The van der Waals surface area contributed by atoms with E-state index in [2.05, 4.69) is 5.92 Å². The van der Waals surface area contributed by atoms with Gasteiger partial charge in [0.15, 0.2) is 0 Å². The fourth-order valence-corrected chi connectivity index (χ4v) is 0.809. The first-order valence-electron chi connectivity index (χ1n) is 3.71. The maximum absolute atomic E-state index is 11.3. The fraction of sp³-hybridized carbons (Fsp3) is 0.500. The van der Waals surface area contributed by atoms with Gasteiger partial charge in [-0.3, -0.25) is 9.59 Å². The van der Waals surface area contributed by atoms with E-state index in [0.717, 1.165) is 4.90 Å². The summed E-state index contributed by atoms with van der Waals surface area (Å²) in [5.41, 5.74) is 10.3. The fourth-order valence-electron chi connectivity index (χ4n) is 0.809. The van der Waals surface area contributed by atoms with Gasteiger partial charge in [0.25, 0.3) is 0 Å². The Morgan fingerprint density at radius 2 is 2.15 bits per heavy atom. The Kier molecular flexibility index (Phi) is 4.55. The molecule has 0 radical (unpaired) electrons. The van der Waals surface area contributed by atoms with Crippen LogP contribution in [0.25, 0.3) is 0 Å². The maximum Gasteiger partial charge on any atom is 0.240 e. The molecule has 5 heteroatoms. The smallest absolute Gasteiger partial charge is 0.240 e. The minimum atomic E-state index is -0.755. The Hall–Kier alpha value is -1.54. The topological polar surface area (TPSA) is 89.4 Å². The van der Waals surface area contributed by atoms with Crippen molar-refractivity contribution in [3.8, 4) is 12.3 Å². The van der Waals surface area contributed by atoms with E-state index < -0.39 is 11.9 Å².